The fourth-order valence-electron chi connectivity index (χ4n) is 2.26. The number of rotatable bonds is 7. The van der Waals surface area contributed by atoms with Gasteiger partial charge in [-0.3, -0.25) is 0 Å². The van der Waals surface area contributed by atoms with Crippen LogP contribution < -0.4 is 0 Å². The molecule has 106 valence electrons. The second-order valence-electron chi connectivity index (χ2n) is 5.02. The van der Waals surface area contributed by atoms with E-state index in [1.807, 2.05) is 24.3 Å². The lowest BCUT2D eigenvalue weighted by atomic mass is 10.0. The van der Waals surface area contributed by atoms with Crippen LogP contribution >= 0.6 is 11.8 Å². The molecular formula is C18H22OS. The van der Waals surface area contributed by atoms with Crippen LogP contribution in [0, 0.1) is 0 Å². The number of aliphatic hydroxyl groups is 1. The van der Waals surface area contributed by atoms with Crippen LogP contribution in [0.5, 0.6) is 0 Å². The molecule has 0 bridgehead atoms. The molecule has 0 aromatic heterocycles. The number of hydrogen-bond donors (Lipinski definition) is 1. The van der Waals surface area contributed by atoms with Gasteiger partial charge in [0.15, 0.2) is 0 Å². The van der Waals surface area contributed by atoms with Crippen molar-refractivity contribution in [1.29, 1.82) is 0 Å². The summed E-state index contributed by atoms with van der Waals surface area (Å²) in [6.07, 6.45) is 2.52. The highest BCUT2D eigenvalue weighted by atomic mass is 32.2. The standard InChI is InChI=1S/C18H22OS/c1-2-9-17(19)18(14-15-10-5-3-6-11-15)20-16-12-7-4-8-13-16/h3-8,10-13,17-19H,2,9,14H2,1H3/t17-,18-/m0/s1. The lowest BCUT2D eigenvalue weighted by Gasteiger charge is -2.22. The van der Waals surface area contributed by atoms with Crippen LogP contribution in [0.2, 0.25) is 0 Å². The molecule has 0 aliphatic heterocycles. The Kier molecular flexibility index (Phi) is 6.16. The minimum Gasteiger partial charge on any atom is -0.392 e. The van der Waals surface area contributed by atoms with Gasteiger partial charge in [0.1, 0.15) is 0 Å². The molecule has 0 fully saturated rings. The summed E-state index contributed by atoms with van der Waals surface area (Å²) in [5.41, 5.74) is 1.29. The first-order valence-electron chi connectivity index (χ1n) is 7.23. The molecule has 2 aromatic rings. The summed E-state index contributed by atoms with van der Waals surface area (Å²) in [6, 6.07) is 20.8. The Morgan fingerprint density at radius 3 is 2.15 bits per heavy atom. The molecule has 2 atom stereocenters. The number of hydrogen-bond acceptors (Lipinski definition) is 2. The van der Waals surface area contributed by atoms with Crippen LogP contribution in [0.4, 0.5) is 0 Å². The van der Waals surface area contributed by atoms with Crippen molar-refractivity contribution in [3.05, 3.63) is 66.2 Å². The molecule has 0 heterocycles. The van der Waals surface area contributed by atoms with Gasteiger partial charge in [0.2, 0.25) is 0 Å². The molecule has 0 saturated heterocycles. The lowest BCUT2D eigenvalue weighted by molar-refractivity contribution is 0.160. The minimum atomic E-state index is -0.259. The van der Waals surface area contributed by atoms with Gasteiger partial charge in [-0.2, -0.15) is 0 Å². The van der Waals surface area contributed by atoms with Crippen LogP contribution in [-0.4, -0.2) is 16.5 Å². The largest absolute Gasteiger partial charge is 0.392 e. The smallest absolute Gasteiger partial charge is 0.0665 e. The first-order chi connectivity index (χ1) is 9.79. The summed E-state index contributed by atoms with van der Waals surface area (Å²) < 4.78 is 0. The van der Waals surface area contributed by atoms with E-state index in [2.05, 4.69) is 43.3 Å². The average Bonchev–Trinajstić information content (AvgIpc) is 2.49. The van der Waals surface area contributed by atoms with E-state index in [-0.39, 0.29) is 11.4 Å². The van der Waals surface area contributed by atoms with Gasteiger partial charge in [0.25, 0.3) is 0 Å². The SMILES string of the molecule is CCC[C@H](O)[C@H](Cc1ccccc1)Sc1ccccc1. The van der Waals surface area contributed by atoms with E-state index in [0.717, 1.165) is 19.3 Å². The molecule has 0 unspecified atom stereocenters. The molecule has 0 saturated carbocycles. The highest BCUT2D eigenvalue weighted by Gasteiger charge is 2.20. The van der Waals surface area contributed by atoms with Gasteiger partial charge in [0.05, 0.1) is 6.10 Å². The zero-order valence-electron chi connectivity index (χ0n) is 11.9. The van der Waals surface area contributed by atoms with Crippen molar-refractivity contribution in [2.24, 2.45) is 0 Å². The van der Waals surface area contributed by atoms with E-state index in [0.29, 0.717) is 0 Å². The summed E-state index contributed by atoms with van der Waals surface area (Å²) >= 11 is 1.78. The summed E-state index contributed by atoms with van der Waals surface area (Å²) in [6.45, 7) is 2.12. The van der Waals surface area contributed by atoms with Crippen LogP contribution in [0.25, 0.3) is 0 Å². The summed E-state index contributed by atoms with van der Waals surface area (Å²) in [5.74, 6) is 0. The Morgan fingerprint density at radius 1 is 0.950 bits per heavy atom. The first kappa shape index (κ1) is 15.1. The second-order valence-corrected chi connectivity index (χ2v) is 6.33. The maximum Gasteiger partial charge on any atom is 0.0665 e. The maximum atomic E-state index is 10.4. The Morgan fingerprint density at radius 2 is 1.55 bits per heavy atom. The molecule has 2 aromatic carbocycles. The number of aliphatic hydroxyl groups excluding tert-OH is 1. The van der Waals surface area contributed by atoms with Crippen molar-refractivity contribution in [2.75, 3.05) is 0 Å². The molecule has 20 heavy (non-hydrogen) atoms. The van der Waals surface area contributed by atoms with Crippen molar-refractivity contribution in [3.63, 3.8) is 0 Å². The monoisotopic (exact) mass is 286 g/mol. The average molecular weight is 286 g/mol. The van der Waals surface area contributed by atoms with E-state index >= 15 is 0 Å². The first-order valence-corrected chi connectivity index (χ1v) is 8.11. The van der Waals surface area contributed by atoms with Crippen LogP contribution in [-0.2, 0) is 6.42 Å². The van der Waals surface area contributed by atoms with Crippen molar-refractivity contribution in [2.45, 2.75) is 42.4 Å². The summed E-state index contributed by atoms with van der Waals surface area (Å²) in [4.78, 5) is 1.23. The normalized spacial score (nSPS) is 13.9. The highest BCUT2D eigenvalue weighted by molar-refractivity contribution is 8.00. The molecule has 2 heteroatoms. The zero-order chi connectivity index (χ0) is 14.2. The van der Waals surface area contributed by atoms with Crippen molar-refractivity contribution >= 4 is 11.8 Å². The molecule has 0 amide bonds. The zero-order valence-corrected chi connectivity index (χ0v) is 12.7. The third-order valence-electron chi connectivity index (χ3n) is 3.32. The predicted molar refractivity (Wildman–Crippen MR) is 87.1 cm³/mol. The summed E-state index contributed by atoms with van der Waals surface area (Å²) in [5, 5.41) is 10.6. The molecule has 1 N–H and O–H groups in total. The van der Waals surface area contributed by atoms with Gasteiger partial charge in [-0.1, -0.05) is 61.9 Å². The van der Waals surface area contributed by atoms with Gasteiger partial charge in [0, 0.05) is 10.1 Å². The molecule has 1 nitrogen and oxygen atoms in total. The van der Waals surface area contributed by atoms with Crippen molar-refractivity contribution in [1.82, 2.24) is 0 Å². The van der Waals surface area contributed by atoms with Crippen LogP contribution in [0.15, 0.2) is 65.6 Å². The minimum absolute atomic E-state index is 0.208. The topological polar surface area (TPSA) is 20.2 Å². The highest BCUT2D eigenvalue weighted by Crippen LogP contribution is 2.29. The number of thioether (sulfide) groups is 1. The molecule has 0 radical (unpaired) electrons. The predicted octanol–water partition coefficient (Wildman–Crippen LogP) is 4.55. The van der Waals surface area contributed by atoms with Gasteiger partial charge >= 0.3 is 0 Å². The van der Waals surface area contributed by atoms with Crippen molar-refractivity contribution < 1.29 is 5.11 Å². The third kappa shape index (κ3) is 4.69. The van der Waals surface area contributed by atoms with Gasteiger partial charge in [-0.05, 0) is 30.5 Å². The molecule has 0 aliphatic carbocycles. The van der Waals surface area contributed by atoms with E-state index < -0.39 is 0 Å². The molecule has 2 rings (SSSR count). The Bertz CT molecular complexity index is 442. The van der Waals surface area contributed by atoms with Crippen LogP contribution in [0.1, 0.15) is 25.3 Å². The van der Waals surface area contributed by atoms with Gasteiger partial charge in [-0.25, -0.2) is 0 Å². The quantitative estimate of drug-likeness (QED) is 0.753. The lowest BCUT2D eigenvalue weighted by Crippen LogP contribution is -2.25. The maximum absolute atomic E-state index is 10.4. The van der Waals surface area contributed by atoms with Crippen molar-refractivity contribution in [3.8, 4) is 0 Å². The van der Waals surface area contributed by atoms with Crippen LogP contribution in [0.3, 0.4) is 0 Å². The fraction of sp³-hybridized carbons (Fsp3) is 0.333. The van der Waals surface area contributed by atoms with E-state index in [9.17, 15) is 5.11 Å². The second kappa shape index (κ2) is 8.13. The van der Waals surface area contributed by atoms with E-state index in [1.54, 1.807) is 11.8 Å². The van der Waals surface area contributed by atoms with E-state index in [1.165, 1.54) is 10.5 Å². The molecular weight excluding hydrogens is 264 g/mol. The molecule has 0 aliphatic rings. The Balaban J connectivity index is 2.08. The van der Waals surface area contributed by atoms with Gasteiger partial charge < -0.3 is 5.11 Å². The summed E-state index contributed by atoms with van der Waals surface area (Å²) in [7, 11) is 0. The third-order valence-corrected chi connectivity index (χ3v) is 4.65. The van der Waals surface area contributed by atoms with Gasteiger partial charge in [-0.15, -0.1) is 11.8 Å². The molecule has 0 spiro atoms. The Hall–Kier alpha value is -1.25. The fourth-order valence-corrected chi connectivity index (χ4v) is 3.49. The number of benzene rings is 2. The van der Waals surface area contributed by atoms with E-state index in [4.69, 9.17) is 0 Å². The Labute approximate surface area is 126 Å².